The van der Waals surface area contributed by atoms with E-state index in [2.05, 4.69) is 0 Å². The second-order valence-electron chi connectivity index (χ2n) is 9.62. The maximum atomic E-state index is 15.0. The molecule has 0 amide bonds. The van der Waals surface area contributed by atoms with Crippen molar-refractivity contribution in [3.63, 3.8) is 0 Å². The first kappa shape index (κ1) is 27.3. The Hall–Kier alpha value is -4.24. The van der Waals surface area contributed by atoms with Gasteiger partial charge in [0.1, 0.15) is 6.10 Å². The van der Waals surface area contributed by atoms with E-state index in [-0.39, 0.29) is 0 Å². The lowest BCUT2D eigenvalue weighted by Crippen LogP contribution is -2.27. The molecule has 0 radical (unpaired) electrons. The van der Waals surface area contributed by atoms with Gasteiger partial charge in [0.05, 0.1) is 11.7 Å². The Morgan fingerprint density at radius 2 is 0.925 bits per heavy atom. The summed E-state index contributed by atoms with van der Waals surface area (Å²) in [4.78, 5) is 13.3. The van der Waals surface area contributed by atoms with Crippen molar-refractivity contribution in [2.24, 2.45) is 5.92 Å². The monoisotopic (exact) mass is 546 g/mol. The summed E-state index contributed by atoms with van der Waals surface area (Å²) in [6.45, 7) is 1.98. The van der Waals surface area contributed by atoms with E-state index in [4.69, 9.17) is 9.26 Å². The Bertz CT molecular complexity index is 1500. The molecule has 0 fully saturated rings. The lowest BCUT2D eigenvalue weighted by Gasteiger charge is -2.34. The van der Waals surface area contributed by atoms with E-state index in [0.29, 0.717) is 16.2 Å². The van der Waals surface area contributed by atoms with Crippen molar-refractivity contribution >= 4 is 23.9 Å². The normalized spacial score (nSPS) is 13.6. The van der Waals surface area contributed by atoms with Crippen molar-refractivity contribution < 1.29 is 18.6 Å². The standard InChI is InChI=1S/C35H31O4P/c1-27(33(28-17-7-2-8-18-28)38-35(36)30-21-11-4-12-22-30)34(29-19-9-3-10-20-29)39-40(37,31-23-13-5-14-24-31)32-25-15-6-16-26-32/h2-27,33-34H,1H3. The van der Waals surface area contributed by atoms with Crippen LogP contribution in [0.2, 0.25) is 0 Å². The highest BCUT2D eigenvalue weighted by Crippen LogP contribution is 2.52. The molecule has 5 aromatic rings. The fraction of sp³-hybridized carbons (Fsp3) is 0.114. The van der Waals surface area contributed by atoms with Crippen molar-refractivity contribution in [3.05, 3.63) is 168 Å². The molecule has 0 aliphatic heterocycles. The average molecular weight is 547 g/mol. The molecule has 0 N–H and O–H groups in total. The van der Waals surface area contributed by atoms with Crippen LogP contribution >= 0.6 is 7.37 Å². The summed E-state index contributed by atoms with van der Waals surface area (Å²) in [6.07, 6.45) is -1.33. The molecular formula is C35H31O4P. The molecule has 0 aliphatic rings. The maximum absolute atomic E-state index is 15.0. The summed E-state index contributed by atoms with van der Waals surface area (Å²) < 4.78 is 28.0. The van der Waals surface area contributed by atoms with Gasteiger partial charge in [0, 0.05) is 16.5 Å². The van der Waals surface area contributed by atoms with Gasteiger partial charge < -0.3 is 9.26 Å². The summed E-state index contributed by atoms with van der Waals surface area (Å²) in [5, 5.41) is 1.21. The number of ether oxygens (including phenoxy) is 1. The first-order valence-electron chi connectivity index (χ1n) is 13.3. The van der Waals surface area contributed by atoms with Crippen molar-refractivity contribution in [2.75, 3.05) is 0 Å². The van der Waals surface area contributed by atoms with Gasteiger partial charge in [-0.25, -0.2) is 4.79 Å². The van der Waals surface area contributed by atoms with Gasteiger partial charge in [-0.2, -0.15) is 0 Å². The Morgan fingerprint density at radius 1 is 0.550 bits per heavy atom. The minimum Gasteiger partial charge on any atom is -0.453 e. The van der Waals surface area contributed by atoms with Crippen LogP contribution < -0.4 is 10.6 Å². The van der Waals surface area contributed by atoms with Gasteiger partial charge in [0.2, 0.25) is 0 Å². The fourth-order valence-electron chi connectivity index (χ4n) is 4.82. The van der Waals surface area contributed by atoms with Crippen molar-refractivity contribution in [3.8, 4) is 0 Å². The van der Waals surface area contributed by atoms with Gasteiger partial charge in [0.15, 0.2) is 0 Å². The molecule has 5 heteroatoms. The quantitative estimate of drug-likeness (QED) is 0.132. The minimum atomic E-state index is -3.56. The molecule has 0 aliphatic carbocycles. The highest BCUT2D eigenvalue weighted by atomic mass is 31.2. The van der Waals surface area contributed by atoms with Gasteiger partial charge in [-0.1, -0.05) is 122 Å². The first-order valence-corrected chi connectivity index (χ1v) is 14.9. The molecule has 0 saturated heterocycles. The molecule has 40 heavy (non-hydrogen) atoms. The molecule has 0 bridgehead atoms. The third-order valence-corrected chi connectivity index (χ3v) is 9.39. The lowest BCUT2D eigenvalue weighted by atomic mass is 9.88. The molecule has 3 unspecified atom stereocenters. The van der Waals surface area contributed by atoms with Crippen LogP contribution in [0.5, 0.6) is 0 Å². The summed E-state index contributed by atoms with van der Waals surface area (Å²) >= 11 is 0. The van der Waals surface area contributed by atoms with Crippen molar-refractivity contribution in [1.82, 2.24) is 0 Å². The second-order valence-corrected chi connectivity index (χ2v) is 12.0. The van der Waals surface area contributed by atoms with Crippen LogP contribution in [0.15, 0.2) is 152 Å². The van der Waals surface area contributed by atoms with Crippen LogP contribution in [0, 0.1) is 5.92 Å². The van der Waals surface area contributed by atoms with E-state index in [9.17, 15) is 9.36 Å². The molecule has 3 atom stereocenters. The summed E-state index contributed by atoms with van der Waals surface area (Å²) in [5.41, 5.74) is 2.14. The SMILES string of the molecule is CC(C(OC(=O)c1ccccc1)c1ccccc1)C(OP(=O)(c1ccccc1)c1ccccc1)c1ccccc1. The molecule has 0 aromatic heterocycles. The number of rotatable bonds is 10. The molecule has 5 aromatic carbocycles. The second kappa shape index (κ2) is 12.7. The predicted octanol–water partition coefficient (Wildman–Crippen LogP) is 7.91. The van der Waals surface area contributed by atoms with Crippen molar-refractivity contribution in [2.45, 2.75) is 19.1 Å². The molecule has 4 nitrogen and oxygen atoms in total. The summed E-state index contributed by atoms with van der Waals surface area (Å²) in [5.74, 6) is -0.833. The minimum absolute atomic E-state index is 0.404. The highest BCUT2D eigenvalue weighted by Gasteiger charge is 2.39. The smallest absolute Gasteiger partial charge is 0.338 e. The topological polar surface area (TPSA) is 52.6 Å². The average Bonchev–Trinajstić information content (AvgIpc) is 3.04. The molecule has 5 rings (SSSR count). The van der Waals surface area contributed by atoms with Gasteiger partial charge >= 0.3 is 5.97 Å². The summed E-state index contributed by atoms with van der Waals surface area (Å²) in [6, 6.07) is 46.9. The number of hydrogen-bond donors (Lipinski definition) is 0. The Kier molecular flexibility index (Phi) is 8.71. The molecule has 0 heterocycles. The zero-order valence-corrected chi connectivity index (χ0v) is 23.1. The zero-order chi connectivity index (χ0) is 27.8. The van der Waals surface area contributed by atoms with Gasteiger partial charge in [0.25, 0.3) is 7.37 Å². The zero-order valence-electron chi connectivity index (χ0n) is 22.2. The third kappa shape index (κ3) is 6.15. The molecule has 0 spiro atoms. The van der Waals surface area contributed by atoms with E-state index < -0.39 is 31.5 Å². The number of carbonyl (C=O) groups is 1. The van der Waals surface area contributed by atoms with Crippen LogP contribution in [0.3, 0.4) is 0 Å². The van der Waals surface area contributed by atoms with E-state index >= 15 is 0 Å². The predicted molar refractivity (Wildman–Crippen MR) is 160 cm³/mol. The number of carbonyl (C=O) groups excluding carboxylic acids is 1. The first-order chi connectivity index (χ1) is 19.6. The lowest BCUT2D eigenvalue weighted by molar-refractivity contribution is -0.00803. The number of hydrogen-bond acceptors (Lipinski definition) is 4. The van der Waals surface area contributed by atoms with Crippen LogP contribution in [0.4, 0.5) is 0 Å². The fourth-order valence-corrected chi connectivity index (χ4v) is 7.12. The van der Waals surface area contributed by atoms with Crippen LogP contribution in [0.1, 0.15) is 40.6 Å². The van der Waals surface area contributed by atoms with Crippen molar-refractivity contribution in [1.29, 1.82) is 0 Å². The van der Waals surface area contributed by atoms with Gasteiger partial charge in [-0.15, -0.1) is 0 Å². The van der Waals surface area contributed by atoms with E-state index in [1.54, 1.807) is 12.1 Å². The molecule has 200 valence electrons. The van der Waals surface area contributed by atoms with Crippen LogP contribution in [-0.2, 0) is 13.8 Å². The van der Waals surface area contributed by atoms with Gasteiger partial charge in [-0.3, -0.25) is 4.57 Å². The Labute approximate surface area is 235 Å². The highest BCUT2D eigenvalue weighted by molar-refractivity contribution is 7.74. The third-order valence-electron chi connectivity index (χ3n) is 6.91. The summed E-state index contributed by atoms with van der Waals surface area (Å²) in [7, 11) is -3.56. The van der Waals surface area contributed by atoms with Crippen LogP contribution in [-0.4, -0.2) is 5.97 Å². The number of benzene rings is 5. The van der Waals surface area contributed by atoms with E-state index in [1.165, 1.54) is 0 Å². The van der Waals surface area contributed by atoms with Crippen LogP contribution in [0.25, 0.3) is 0 Å². The maximum Gasteiger partial charge on any atom is 0.338 e. The van der Waals surface area contributed by atoms with E-state index in [0.717, 1.165) is 11.1 Å². The molecule has 0 saturated carbocycles. The number of esters is 1. The molecular weight excluding hydrogens is 515 g/mol. The Balaban J connectivity index is 1.59. The van der Waals surface area contributed by atoms with Gasteiger partial charge in [-0.05, 0) is 47.5 Å². The Morgan fingerprint density at radius 3 is 1.38 bits per heavy atom. The largest absolute Gasteiger partial charge is 0.453 e. The van der Waals surface area contributed by atoms with E-state index in [1.807, 2.05) is 146 Å².